The number of ether oxygens (including phenoxy) is 2. The van der Waals surface area contributed by atoms with E-state index in [0.717, 1.165) is 30.2 Å². The average Bonchev–Trinajstić information content (AvgIpc) is 3.02. The van der Waals surface area contributed by atoms with Gasteiger partial charge in [0.2, 0.25) is 0 Å². The highest BCUT2D eigenvalue weighted by Crippen LogP contribution is 2.29. The van der Waals surface area contributed by atoms with Gasteiger partial charge in [0, 0.05) is 31.0 Å². The minimum Gasteiger partial charge on any atom is -0.493 e. The summed E-state index contributed by atoms with van der Waals surface area (Å²) in [7, 11) is 3.20. The normalized spacial score (nSPS) is 15.1. The molecule has 0 radical (unpaired) electrons. The van der Waals surface area contributed by atoms with Crippen LogP contribution in [0.1, 0.15) is 31.2 Å². The number of nitrogens with one attached hydrogen (secondary N) is 1. The van der Waals surface area contributed by atoms with E-state index in [-0.39, 0.29) is 0 Å². The first-order chi connectivity index (χ1) is 13.7. The van der Waals surface area contributed by atoms with Crippen molar-refractivity contribution >= 4 is 17.5 Å². The van der Waals surface area contributed by atoms with Crippen molar-refractivity contribution in [2.24, 2.45) is 10.7 Å². The van der Waals surface area contributed by atoms with Crippen LogP contribution in [0.5, 0.6) is 11.5 Å². The van der Waals surface area contributed by atoms with Crippen LogP contribution in [0.3, 0.4) is 0 Å². The third kappa shape index (κ3) is 5.28. The Bertz CT molecular complexity index is 784. The Kier molecular flexibility index (Phi) is 6.94. The molecule has 0 atom stereocenters. The number of nitrogens with zero attached hydrogens (tertiary/aromatic N) is 3. The highest BCUT2D eigenvalue weighted by Gasteiger charge is 2.10. The Morgan fingerprint density at radius 2 is 1.82 bits per heavy atom. The highest BCUT2D eigenvalue weighted by atomic mass is 16.5. The van der Waals surface area contributed by atoms with Crippen LogP contribution in [0.2, 0.25) is 0 Å². The first-order valence-corrected chi connectivity index (χ1v) is 9.68. The van der Waals surface area contributed by atoms with Crippen molar-refractivity contribution in [3.05, 3.63) is 42.1 Å². The lowest BCUT2D eigenvalue weighted by molar-refractivity contribution is 0.355. The molecule has 3 rings (SSSR count). The number of rotatable bonds is 6. The summed E-state index contributed by atoms with van der Waals surface area (Å²) in [5.74, 6) is 2.68. The summed E-state index contributed by atoms with van der Waals surface area (Å²) in [6.07, 6.45) is 7.00. The maximum absolute atomic E-state index is 6.02. The molecular formula is C21H29N5O2. The van der Waals surface area contributed by atoms with Crippen LogP contribution in [-0.2, 0) is 6.54 Å². The molecule has 1 aliphatic heterocycles. The Hall–Kier alpha value is -2.96. The Morgan fingerprint density at radius 1 is 1.07 bits per heavy atom. The summed E-state index contributed by atoms with van der Waals surface area (Å²) < 4.78 is 10.5. The standard InChI is InChI=1S/C21H29N5O2/c1-27-18-9-8-17(13-19(18)28-2)25-21(22)24-15-16-7-10-20(23-14-16)26-11-5-3-4-6-12-26/h7-10,13-14H,3-6,11-12,15H2,1-2H3,(H3,22,24,25). The fraction of sp³-hybridized carbons (Fsp3) is 0.429. The summed E-state index contributed by atoms with van der Waals surface area (Å²) in [6.45, 7) is 2.65. The number of aromatic nitrogens is 1. The molecule has 7 nitrogen and oxygen atoms in total. The molecule has 3 N–H and O–H groups in total. The number of hydrogen-bond donors (Lipinski definition) is 2. The van der Waals surface area contributed by atoms with Gasteiger partial charge in [-0.1, -0.05) is 18.9 Å². The number of aliphatic imine (C=N–C) groups is 1. The number of nitrogens with two attached hydrogens (primary N) is 1. The van der Waals surface area contributed by atoms with Crippen LogP contribution >= 0.6 is 0 Å². The number of hydrogen-bond acceptors (Lipinski definition) is 5. The van der Waals surface area contributed by atoms with Gasteiger partial charge in [-0.3, -0.25) is 0 Å². The lowest BCUT2D eigenvalue weighted by Gasteiger charge is -2.21. The molecule has 0 unspecified atom stereocenters. The van der Waals surface area contributed by atoms with Crippen molar-refractivity contribution in [3.8, 4) is 11.5 Å². The zero-order chi connectivity index (χ0) is 19.8. The Morgan fingerprint density at radius 3 is 2.46 bits per heavy atom. The van der Waals surface area contributed by atoms with Gasteiger partial charge in [-0.05, 0) is 36.6 Å². The molecule has 0 saturated carbocycles. The van der Waals surface area contributed by atoms with Gasteiger partial charge in [-0.2, -0.15) is 0 Å². The number of benzene rings is 1. The monoisotopic (exact) mass is 383 g/mol. The molecule has 1 aromatic carbocycles. The zero-order valence-electron chi connectivity index (χ0n) is 16.6. The van der Waals surface area contributed by atoms with Crippen molar-refractivity contribution in [1.29, 1.82) is 0 Å². The molecule has 0 spiro atoms. The molecule has 1 fully saturated rings. The second-order valence-electron chi connectivity index (χ2n) is 6.82. The van der Waals surface area contributed by atoms with Gasteiger partial charge in [0.05, 0.1) is 20.8 Å². The summed E-state index contributed by atoms with van der Waals surface area (Å²) in [4.78, 5) is 11.4. The van der Waals surface area contributed by atoms with Crippen molar-refractivity contribution in [1.82, 2.24) is 4.98 Å². The fourth-order valence-electron chi connectivity index (χ4n) is 3.27. The quantitative estimate of drug-likeness (QED) is 0.587. The summed E-state index contributed by atoms with van der Waals surface area (Å²) in [5, 5.41) is 3.07. The Labute approximate surface area is 166 Å². The SMILES string of the molecule is COc1ccc(NC(N)=NCc2ccc(N3CCCCCC3)nc2)cc1OC. The van der Waals surface area contributed by atoms with Crippen LogP contribution in [0.4, 0.5) is 11.5 Å². The van der Waals surface area contributed by atoms with Crippen molar-refractivity contribution < 1.29 is 9.47 Å². The van der Waals surface area contributed by atoms with E-state index in [4.69, 9.17) is 15.2 Å². The van der Waals surface area contributed by atoms with E-state index in [2.05, 4.69) is 32.3 Å². The summed E-state index contributed by atoms with van der Waals surface area (Å²) >= 11 is 0. The number of guanidine groups is 1. The predicted molar refractivity (Wildman–Crippen MR) is 113 cm³/mol. The third-order valence-electron chi connectivity index (χ3n) is 4.83. The summed E-state index contributed by atoms with van der Waals surface area (Å²) in [6, 6.07) is 9.65. The van der Waals surface area contributed by atoms with Crippen molar-refractivity contribution in [2.45, 2.75) is 32.2 Å². The second kappa shape index (κ2) is 9.82. The minimum absolute atomic E-state index is 0.337. The van der Waals surface area contributed by atoms with E-state index >= 15 is 0 Å². The minimum atomic E-state index is 0.337. The topological polar surface area (TPSA) is 85.0 Å². The highest BCUT2D eigenvalue weighted by molar-refractivity contribution is 5.92. The van der Waals surface area contributed by atoms with Crippen LogP contribution in [-0.4, -0.2) is 38.3 Å². The molecule has 7 heteroatoms. The average molecular weight is 383 g/mol. The van der Waals surface area contributed by atoms with E-state index in [1.807, 2.05) is 24.4 Å². The molecule has 0 amide bonds. The number of methoxy groups -OCH3 is 2. The second-order valence-corrected chi connectivity index (χ2v) is 6.82. The molecule has 1 saturated heterocycles. The molecule has 150 valence electrons. The summed E-state index contributed by atoms with van der Waals surface area (Å²) in [5.41, 5.74) is 7.83. The maximum atomic E-state index is 6.02. The molecule has 0 bridgehead atoms. The lowest BCUT2D eigenvalue weighted by atomic mass is 10.2. The van der Waals surface area contributed by atoms with E-state index in [0.29, 0.717) is 24.0 Å². The van der Waals surface area contributed by atoms with E-state index in [9.17, 15) is 0 Å². The van der Waals surface area contributed by atoms with Gasteiger partial charge in [0.1, 0.15) is 5.82 Å². The van der Waals surface area contributed by atoms with Gasteiger partial charge < -0.3 is 25.4 Å². The number of pyridine rings is 1. The molecule has 0 aliphatic carbocycles. The number of anilines is 2. The van der Waals surface area contributed by atoms with E-state index in [1.54, 1.807) is 14.2 Å². The first kappa shape index (κ1) is 19.8. The Balaban J connectivity index is 1.58. The van der Waals surface area contributed by atoms with Crippen molar-refractivity contribution in [3.63, 3.8) is 0 Å². The molecule has 2 heterocycles. The van der Waals surface area contributed by atoms with E-state index < -0.39 is 0 Å². The molecule has 1 aliphatic rings. The first-order valence-electron chi connectivity index (χ1n) is 9.68. The smallest absolute Gasteiger partial charge is 0.193 e. The van der Waals surface area contributed by atoms with Gasteiger partial charge >= 0.3 is 0 Å². The third-order valence-corrected chi connectivity index (χ3v) is 4.83. The van der Waals surface area contributed by atoms with Crippen LogP contribution in [0, 0.1) is 0 Å². The maximum Gasteiger partial charge on any atom is 0.193 e. The molecule has 2 aromatic rings. The zero-order valence-corrected chi connectivity index (χ0v) is 16.6. The van der Waals surface area contributed by atoms with Gasteiger partial charge in [-0.25, -0.2) is 9.98 Å². The van der Waals surface area contributed by atoms with Crippen molar-refractivity contribution in [2.75, 3.05) is 37.5 Å². The van der Waals surface area contributed by atoms with Gasteiger partial charge in [0.25, 0.3) is 0 Å². The predicted octanol–water partition coefficient (Wildman–Crippen LogP) is 3.41. The lowest BCUT2D eigenvalue weighted by Crippen LogP contribution is -2.24. The van der Waals surface area contributed by atoms with E-state index in [1.165, 1.54) is 25.7 Å². The van der Waals surface area contributed by atoms with Crippen LogP contribution < -0.4 is 25.4 Å². The van der Waals surface area contributed by atoms with Gasteiger partial charge in [-0.15, -0.1) is 0 Å². The van der Waals surface area contributed by atoms with Gasteiger partial charge in [0.15, 0.2) is 17.5 Å². The van der Waals surface area contributed by atoms with Crippen LogP contribution in [0.15, 0.2) is 41.5 Å². The molecular weight excluding hydrogens is 354 g/mol. The van der Waals surface area contributed by atoms with Crippen LogP contribution in [0.25, 0.3) is 0 Å². The molecule has 28 heavy (non-hydrogen) atoms. The molecule has 1 aromatic heterocycles. The largest absolute Gasteiger partial charge is 0.493 e. The fourth-order valence-corrected chi connectivity index (χ4v) is 3.27.